The monoisotopic (exact) mass is 205 g/mol. The van der Waals surface area contributed by atoms with Crippen molar-refractivity contribution in [2.75, 3.05) is 14.2 Å². The number of hydrogen-bond donors (Lipinski definition) is 3. The highest BCUT2D eigenvalue weighted by molar-refractivity contribution is 5.74. The average molecular weight is 205 g/mol. The summed E-state index contributed by atoms with van der Waals surface area (Å²) in [4.78, 5) is 11.2. The smallest absolute Gasteiger partial charge is 0.313 e. The molecule has 0 unspecified atom stereocenters. The van der Waals surface area contributed by atoms with E-state index in [1.165, 1.54) is 14.2 Å². The van der Waals surface area contributed by atoms with Crippen molar-refractivity contribution in [2.45, 2.75) is 24.4 Å². The molecule has 0 amide bonds. The van der Waals surface area contributed by atoms with Gasteiger partial charge in [-0.25, -0.2) is 0 Å². The minimum absolute atomic E-state index is 0.636. The van der Waals surface area contributed by atoms with E-state index in [0.29, 0.717) is 0 Å². The minimum Gasteiger partial charge on any atom is -0.469 e. The Labute approximate surface area is 81.6 Å². The number of carbonyl (C=O) groups excluding carboxylic acids is 1. The first-order valence-electron chi connectivity index (χ1n) is 4.27. The standard InChI is InChI=1S/C8H15NO5/c1-13-7-4(9)3(8(12)14-2)5(10)6(7)11/h3-7,10-11H,9H2,1-2H3/t3-,4-,5+,6+,7+/m0/s1. The van der Waals surface area contributed by atoms with Crippen LogP contribution in [0.15, 0.2) is 0 Å². The fourth-order valence-electron chi connectivity index (χ4n) is 1.80. The molecule has 4 N–H and O–H groups in total. The first-order chi connectivity index (χ1) is 6.54. The number of carbonyl (C=O) groups is 1. The fraction of sp³-hybridized carbons (Fsp3) is 0.875. The van der Waals surface area contributed by atoms with Gasteiger partial charge in [0.1, 0.15) is 18.1 Å². The van der Waals surface area contributed by atoms with E-state index in [4.69, 9.17) is 10.5 Å². The summed E-state index contributed by atoms with van der Waals surface area (Å²) >= 11 is 0. The van der Waals surface area contributed by atoms with Crippen LogP contribution in [0.25, 0.3) is 0 Å². The van der Waals surface area contributed by atoms with Gasteiger partial charge in [0.15, 0.2) is 0 Å². The van der Waals surface area contributed by atoms with Crippen LogP contribution in [0.1, 0.15) is 0 Å². The summed E-state index contributed by atoms with van der Waals surface area (Å²) in [6, 6.07) is -0.752. The summed E-state index contributed by atoms with van der Waals surface area (Å²) in [6.07, 6.45) is -3.13. The van der Waals surface area contributed by atoms with Crippen LogP contribution < -0.4 is 5.73 Å². The third-order valence-corrected chi connectivity index (χ3v) is 2.59. The molecule has 0 aromatic heterocycles. The van der Waals surface area contributed by atoms with Gasteiger partial charge in [-0.05, 0) is 0 Å². The molecule has 1 saturated carbocycles. The number of ether oxygens (including phenoxy) is 2. The van der Waals surface area contributed by atoms with Crippen LogP contribution in [0.5, 0.6) is 0 Å². The predicted octanol–water partition coefficient (Wildman–Crippen LogP) is -2.15. The number of rotatable bonds is 2. The molecule has 5 atom stereocenters. The lowest BCUT2D eigenvalue weighted by atomic mass is 10.0. The second-order valence-corrected chi connectivity index (χ2v) is 3.31. The van der Waals surface area contributed by atoms with Crippen molar-refractivity contribution in [3.63, 3.8) is 0 Å². The second-order valence-electron chi connectivity index (χ2n) is 3.31. The van der Waals surface area contributed by atoms with Crippen molar-refractivity contribution in [3.05, 3.63) is 0 Å². The molecule has 0 aliphatic heterocycles. The highest BCUT2D eigenvalue weighted by Gasteiger charge is 2.52. The molecule has 0 spiro atoms. The van der Waals surface area contributed by atoms with Gasteiger partial charge in [-0.3, -0.25) is 4.79 Å². The summed E-state index contributed by atoms with van der Waals surface area (Å²) < 4.78 is 9.36. The maximum absolute atomic E-state index is 11.2. The SMILES string of the molecule is COC(=O)[C@H]1[C@H](N)[C@@H](OC)[C@H](O)[C@@H]1O. The van der Waals surface area contributed by atoms with Gasteiger partial charge in [0.05, 0.1) is 13.2 Å². The number of hydrogen-bond acceptors (Lipinski definition) is 6. The van der Waals surface area contributed by atoms with Gasteiger partial charge in [-0.1, -0.05) is 0 Å². The molecular weight excluding hydrogens is 190 g/mol. The fourth-order valence-corrected chi connectivity index (χ4v) is 1.80. The topological polar surface area (TPSA) is 102 Å². The molecule has 0 radical (unpaired) electrons. The molecule has 6 nitrogen and oxygen atoms in total. The number of aliphatic hydroxyl groups excluding tert-OH is 2. The lowest BCUT2D eigenvalue weighted by Crippen LogP contribution is -2.42. The van der Waals surface area contributed by atoms with Crippen molar-refractivity contribution < 1.29 is 24.5 Å². The van der Waals surface area contributed by atoms with Crippen molar-refractivity contribution in [2.24, 2.45) is 11.7 Å². The third-order valence-electron chi connectivity index (χ3n) is 2.59. The Kier molecular flexibility index (Phi) is 3.43. The third kappa shape index (κ3) is 1.61. The van der Waals surface area contributed by atoms with Crippen molar-refractivity contribution >= 4 is 5.97 Å². The number of nitrogens with two attached hydrogens (primary N) is 1. The molecule has 1 aliphatic rings. The zero-order valence-corrected chi connectivity index (χ0v) is 8.08. The van der Waals surface area contributed by atoms with E-state index in [0.717, 1.165) is 0 Å². The number of methoxy groups -OCH3 is 2. The lowest BCUT2D eigenvalue weighted by Gasteiger charge is -2.17. The van der Waals surface area contributed by atoms with Crippen LogP contribution in [0.3, 0.4) is 0 Å². The van der Waals surface area contributed by atoms with Gasteiger partial charge in [-0.2, -0.15) is 0 Å². The molecule has 1 rings (SSSR count). The van der Waals surface area contributed by atoms with Crippen LogP contribution in [0.4, 0.5) is 0 Å². The van der Waals surface area contributed by atoms with Gasteiger partial charge >= 0.3 is 5.97 Å². The molecule has 82 valence electrons. The van der Waals surface area contributed by atoms with Gasteiger partial charge in [0, 0.05) is 13.2 Å². The van der Waals surface area contributed by atoms with Gasteiger partial charge < -0.3 is 25.4 Å². The lowest BCUT2D eigenvalue weighted by molar-refractivity contribution is -0.150. The maximum Gasteiger partial charge on any atom is 0.313 e. The molecule has 0 aromatic rings. The Bertz CT molecular complexity index is 222. The van der Waals surface area contributed by atoms with Crippen LogP contribution in [0, 0.1) is 5.92 Å². The number of esters is 1. The minimum atomic E-state index is -1.23. The first kappa shape index (κ1) is 11.4. The Morgan fingerprint density at radius 3 is 2.21 bits per heavy atom. The van der Waals surface area contributed by atoms with Crippen molar-refractivity contribution in [3.8, 4) is 0 Å². The molecule has 14 heavy (non-hydrogen) atoms. The molecule has 0 heterocycles. The normalized spacial score (nSPS) is 42.5. The van der Waals surface area contributed by atoms with E-state index in [-0.39, 0.29) is 0 Å². The Balaban J connectivity index is 2.83. The Morgan fingerprint density at radius 1 is 1.29 bits per heavy atom. The molecule has 0 aromatic carbocycles. The van der Waals surface area contributed by atoms with Gasteiger partial charge in [-0.15, -0.1) is 0 Å². The zero-order valence-electron chi connectivity index (χ0n) is 8.08. The average Bonchev–Trinajstić information content (AvgIpc) is 2.38. The van der Waals surface area contributed by atoms with E-state index in [1.807, 2.05) is 0 Å². The molecule has 1 fully saturated rings. The van der Waals surface area contributed by atoms with Crippen LogP contribution in [0.2, 0.25) is 0 Å². The summed E-state index contributed by atoms with van der Waals surface area (Å²) in [5, 5.41) is 19.0. The summed E-state index contributed by atoms with van der Waals surface area (Å²) in [5.41, 5.74) is 5.65. The second kappa shape index (κ2) is 4.22. The molecule has 0 bridgehead atoms. The summed E-state index contributed by atoms with van der Waals surface area (Å²) in [6.45, 7) is 0. The van der Waals surface area contributed by atoms with Gasteiger partial charge in [0.2, 0.25) is 0 Å². The van der Waals surface area contributed by atoms with Gasteiger partial charge in [0.25, 0.3) is 0 Å². The first-order valence-corrected chi connectivity index (χ1v) is 4.27. The Hall–Kier alpha value is -0.690. The van der Waals surface area contributed by atoms with Crippen LogP contribution in [-0.2, 0) is 14.3 Å². The van der Waals surface area contributed by atoms with Crippen molar-refractivity contribution in [1.82, 2.24) is 0 Å². The van der Waals surface area contributed by atoms with E-state index in [2.05, 4.69) is 4.74 Å². The van der Waals surface area contributed by atoms with E-state index in [1.54, 1.807) is 0 Å². The molecule has 0 saturated heterocycles. The van der Waals surface area contributed by atoms with Crippen LogP contribution in [-0.4, -0.2) is 54.8 Å². The van der Waals surface area contributed by atoms with E-state index in [9.17, 15) is 15.0 Å². The predicted molar refractivity (Wildman–Crippen MR) is 46.3 cm³/mol. The van der Waals surface area contributed by atoms with E-state index < -0.39 is 36.2 Å². The quantitative estimate of drug-likeness (QED) is 0.444. The summed E-state index contributed by atoms with van der Waals surface area (Å²) in [5.74, 6) is -1.57. The molecular formula is C8H15NO5. The maximum atomic E-state index is 11.2. The van der Waals surface area contributed by atoms with E-state index >= 15 is 0 Å². The number of aliphatic hydroxyl groups is 2. The molecule has 6 heteroatoms. The summed E-state index contributed by atoms with van der Waals surface area (Å²) in [7, 11) is 2.56. The highest BCUT2D eigenvalue weighted by atomic mass is 16.5. The zero-order chi connectivity index (χ0) is 10.9. The van der Waals surface area contributed by atoms with Crippen molar-refractivity contribution in [1.29, 1.82) is 0 Å². The Morgan fingerprint density at radius 2 is 1.86 bits per heavy atom. The largest absolute Gasteiger partial charge is 0.469 e. The highest BCUT2D eigenvalue weighted by Crippen LogP contribution is 2.28. The molecule has 1 aliphatic carbocycles. The van der Waals surface area contributed by atoms with Crippen LogP contribution >= 0.6 is 0 Å².